The maximum Gasteiger partial charge on any atom is 0.173 e. The predicted molar refractivity (Wildman–Crippen MR) is 147 cm³/mol. The molecule has 5 rings (SSSR count). The van der Waals surface area contributed by atoms with E-state index in [1.54, 1.807) is 6.21 Å². The standard InChI is InChI=1S/C30H29N5/c1-21-13-16-23(17-14-21)32-29(26-18-15-22-9-5-7-11-25(22)33-26)34-31-20-19-28-30(2,3)24-10-6-8-12-27(24)35(28)4/h5-20H,1-4H3,(H,32,34). The van der Waals surface area contributed by atoms with Crippen LogP contribution in [0.3, 0.4) is 0 Å². The number of nitrogens with one attached hydrogen (secondary N) is 1. The number of likely N-dealkylation sites (N-methyl/N-ethyl adjacent to an activating group) is 1. The number of para-hydroxylation sites is 2. The van der Waals surface area contributed by atoms with Crippen molar-refractivity contribution in [2.75, 3.05) is 11.9 Å². The lowest BCUT2D eigenvalue weighted by Gasteiger charge is -2.23. The van der Waals surface area contributed by atoms with Crippen LogP contribution in [-0.4, -0.2) is 24.1 Å². The number of aliphatic imine (C=N–C) groups is 1. The second-order valence-corrected chi connectivity index (χ2v) is 9.33. The van der Waals surface area contributed by atoms with Crippen LogP contribution < -0.4 is 10.3 Å². The smallest absolute Gasteiger partial charge is 0.173 e. The molecule has 4 aromatic rings. The van der Waals surface area contributed by atoms with Gasteiger partial charge in [0.15, 0.2) is 5.84 Å². The second-order valence-electron chi connectivity index (χ2n) is 9.33. The molecule has 1 N–H and O–H groups in total. The van der Waals surface area contributed by atoms with Crippen LogP contribution in [0.15, 0.2) is 107 Å². The van der Waals surface area contributed by atoms with Crippen molar-refractivity contribution in [1.29, 1.82) is 0 Å². The van der Waals surface area contributed by atoms with Gasteiger partial charge in [-0.05, 0) is 48.9 Å². The van der Waals surface area contributed by atoms with Gasteiger partial charge in [0.1, 0.15) is 5.69 Å². The van der Waals surface area contributed by atoms with E-state index in [0.717, 1.165) is 22.3 Å². The summed E-state index contributed by atoms with van der Waals surface area (Å²) in [4.78, 5) is 11.9. The Morgan fingerprint density at radius 2 is 1.66 bits per heavy atom. The van der Waals surface area contributed by atoms with Gasteiger partial charge < -0.3 is 4.90 Å². The largest absolute Gasteiger partial charge is 0.347 e. The van der Waals surface area contributed by atoms with Crippen molar-refractivity contribution >= 4 is 34.3 Å². The number of pyridine rings is 1. The summed E-state index contributed by atoms with van der Waals surface area (Å²) in [5, 5.41) is 5.61. The second kappa shape index (κ2) is 9.18. The predicted octanol–water partition coefficient (Wildman–Crippen LogP) is 6.51. The highest BCUT2D eigenvalue weighted by molar-refractivity contribution is 6.00. The summed E-state index contributed by atoms with van der Waals surface area (Å²) in [5.74, 6) is 0.594. The Bertz CT molecular complexity index is 1460. The fourth-order valence-corrected chi connectivity index (χ4v) is 4.59. The first kappa shape index (κ1) is 22.5. The van der Waals surface area contributed by atoms with Gasteiger partial charge in [0.25, 0.3) is 0 Å². The molecule has 0 fully saturated rings. The van der Waals surface area contributed by atoms with Gasteiger partial charge >= 0.3 is 0 Å². The molecule has 35 heavy (non-hydrogen) atoms. The number of anilines is 1. The Balaban J connectivity index is 1.45. The number of hydrogen-bond acceptors (Lipinski definition) is 4. The minimum Gasteiger partial charge on any atom is -0.347 e. The maximum absolute atomic E-state index is 4.82. The molecule has 0 spiro atoms. The number of nitrogens with zero attached hydrogens (tertiary/aromatic N) is 4. The minimum atomic E-state index is -0.101. The zero-order chi connectivity index (χ0) is 24.4. The third-order valence-electron chi connectivity index (χ3n) is 6.53. The summed E-state index contributed by atoms with van der Waals surface area (Å²) in [5.41, 5.74) is 10.5. The molecule has 0 radical (unpaired) electrons. The topological polar surface area (TPSA) is 52.9 Å². The van der Waals surface area contributed by atoms with Crippen LogP contribution >= 0.6 is 0 Å². The quantitative estimate of drug-likeness (QED) is 0.215. The summed E-state index contributed by atoms with van der Waals surface area (Å²) in [6.45, 7) is 6.55. The average Bonchev–Trinajstić information content (AvgIpc) is 3.07. The molecule has 0 aliphatic carbocycles. The van der Waals surface area contributed by atoms with E-state index in [-0.39, 0.29) is 5.41 Å². The molecule has 2 heterocycles. The monoisotopic (exact) mass is 459 g/mol. The van der Waals surface area contributed by atoms with Crippen LogP contribution in [0.25, 0.3) is 10.9 Å². The van der Waals surface area contributed by atoms with Gasteiger partial charge in [-0.15, -0.1) is 0 Å². The molecular weight excluding hydrogens is 430 g/mol. The van der Waals surface area contributed by atoms with Crippen LogP contribution in [0.1, 0.15) is 30.7 Å². The van der Waals surface area contributed by atoms with E-state index in [9.17, 15) is 0 Å². The van der Waals surface area contributed by atoms with E-state index in [1.807, 2.05) is 48.5 Å². The Morgan fingerprint density at radius 3 is 2.46 bits per heavy atom. The number of aromatic nitrogens is 1. The van der Waals surface area contributed by atoms with Gasteiger partial charge in [-0.2, -0.15) is 5.10 Å². The van der Waals surface area contributed by atoms with E-state index in [0.29, 0.717) is 5.84 Å². The van der Waals surface area contributed by atoms with Crippen molar-refractivity contribution in [2.45, 2.75) is 26.2 Å². The van der Waals surface area contributed by atoms with Gasteiger partial charge in [0, 0.05) is 35.4 Å². The van der Waals surface area contributed by atoms with Crippen LogP contribution in [0.2, 0.25) is 0 Å². The highest BCUT2D eigenvalue weighted by atomic mass is 15.3. The van der Waals surface area contributed by atoms with Crippen molar-refractivity contribution < 1.29 is 0 Å². The Kier molecular flexibility index (Phi) is 5.91. The Hall–Kier alpha value is -4.25. The summed E-state index contributed by atoms with van der Waals surface area (Å²) in [6, 6.07) is 28.7. The molecule has 0 unspecified atom stereocenters. The fraction of sp³-hybridized carbons (Fsp3) is 0.167. The summed E-state index contributed by atoms with van der Waals surface area (Å²) in [6.07, 6.45) is 3.86. The van der Waals surface area contributed by atoms with Gasteiger partial charge in [0.2, 0.25) is 0 Å². The molecule has 0 saturated carbocycles. The molecule has 1 aromatic heterocycles. The number of aryl methyl sites for hydroxylation is 1. The fourth-order valence-electron chi connectivity index (χ4n) is 4.59. The highest BCUT2D eigenvalue weighted by Gasteiger charge is 2.37. The van der Waals surface area contributed by atoms with E-state index < -0.39 is 0 Å². The first-order chi connectivity index (χ1) is 16.9. The van der Waals surface area contributed by atoms with Gasteiger partial charge in [-0.1, -0.05) is 74.0 Å². The molecule has 3 aromatic carbocycles. The first-order valence-electron chi connectivity index (χ1n) is 11.8. The third-order valence-corrected chi connectivity index (χ3v) is 6.53. The SMILES string of the molecule is Cc1ccc(N=C(NN=CC=C2N(C)c3ccccc3C2(C)C)c2ccc3ccccc3n2)cc1. The van der Waals surface area contributed by atoms with Crippen LogP contribution in [-0.2, 0) is 5.41 Å². The molecule has 5 nitrogen and oxygen atoms in total. The molecule has 174 valence electrons. The highest BCUT2D eigenvalue weighted by Crippen LogP contribution is 2.46. The molecule has 0 bridgehead atoms. The molecule has 0 atom stereocenters. The molecule has 0 amide bonds. The van der Waals surface area contributed by atoms with E-state index in [1.165, 1.54) is 22.5 Å². The van der Waals surface area contributed by atoms with Crippen molar-refractivity contribution in [3.05, 3.63) is 114 Å². The molecule has 0 saturated heterocycles. The van der Waals surface area contributed by atoms with Crippen LogP contribution in [0, 0.1) is 6.92 Å². The number of hydrogen-bond donors (Lipinski definition) is 1. The summed E-state index contributed by atoms with van der Waals surface area (Å²) < 4.78 is 0. The summed E-state index contributed by atoms with van der Waals surface area (Å²) in [7, 11) is 2.10. The van der Waals surface area contributed by atoms with Crippen molar-refractivity contribution in [3.63, 3.8) is 0 Å². The van der Waals surface area contributed by atoms with E-state index in [4.69, 9.17) is 9.98 Å². The third kappa shape index (κ3) is 4.45. The normalized spacial score (nSPS) is 16.3. The lowest BCUT2D eigenvalue weighted by atomic mass is 9.84. The number of hydrazone groups is 1. The Labute approximate surface area is 206 Å². The lowest BCUT2D eigenvalue weighted by Crippen LogP contribution is -2.23. The molecular formula is C30H29N5. The van der Waals surface area contributed by atoms with Crippen molar-refractivity contribution in [1.82, 2.24) is 10.4 Å². The van der Waals surface area contributed by atoms with Crippen LogP contribution in [0.5, 0.6) is 0 Å². The number of fused-ring (bicyclic) bond motifs is 2. The number of rotatable bonds is 4. The van der Waals surface area contributed by atoms with Gasteiger partial charge in [-0.3, -0.25) is 5.43 Å². The van der Waals surface area contributed by atoms with Gasteiger partial charge in [0.05, 0.1) is 11.2 Å². The number of amidine groups is 1. The van der Waals surface area contributed by atoms with Crippen molar-refractivity contribution in [2.24, 2.45) is 10.1 Å². The first-order valence-corrected chi connectivity index (χ1v) is 11.8. The zero-order valence-corrected chi connectivity index (χ0v) is 20.5. The summed E-state index contributed by atoms with van der Waals surface area (Å²) >= 11 is 0. The molecule has 1 aliphatic heterocycles. The van der Waals surface area contributed by atoms with E-state index in [2.05, 4.69) is 85.7 Å². The number of benzene rings is 3. The maximum atomic E-state index is 4.82. The molecule has 5 heteroatoms. The molecule has 1 aliphatic rings. The lowest BCUT2D eigenvalue weighted by molar-refractivity contribution is 0.641. The Morgan fingerprint density at radius 1 is 0.914 bits per heavy atom. The van der Waals surface area contributed by atoms with Crippen molar-refractivity contribution in [3.8, 4) is 0 Å². The van der Waals surface area contributed by atoms with Crippen LogP contribution in [0.4, 0.5) is 11.4 Å². The van der Waals surface area contributed by atoms with Gasteiger partial charge in [-0.25, -0.2) is 9.98 Å². The zero-order valence-electron chi connectivity index (χ0n) is 20.5. The minimum absolute atomic E-state index is 0.101. The average molecular weight is 460 g/mol. The van der Waals surface area contributed by atoms with E-state index >= 15 is 0 Å². The number of allylic oxidation sites excluding steroid dienone is 2.